The Morgan fingerprint density at radius 1 is 1.37 bits per heavy atom. The smallest absolute Gasteiger partial charge is 0.302 e. The van der Waals surface area contributed by atoms with Gasteiger partial charge in [-0.25, -0.2) is 4.39 Å². The van der Waals surface area contributed by atoms with Crippen LogP contribution in [0.2, 0.25) is 0 Å². The van der Waals surface area contributed by atoms with Gasteiger partial charge in [0.15, 0.2) is 0 Å². The molecule has 0 N–H and O–H groups in total. The minimum absolute atomic E-state index is 0.0429. The zero-order valence-electron chi connectivity index (χ0n) is 10.3. The van der Waals surface area contributed by atoms with Gasteiger partial charge in [-0.3, -0.25) is 4.79 Å². The van der Waals surface area contributed by atoms with Gasteiger partial charge in [0.2, 0.25) is 5.91 Å². The van der Waals surface area contributed by atoms with Gasteiger partial charge in [0.05, 0.1) is 5.75 Å². The van der Waals surface area contributed by atoms with Gasteiger partial charge in [0, 0.05) is 24.6 Å². The van der Waals surface area contributed by atoms with E-state index in [2.05, 4.69) is 0 Å². The van der Waals surface area contributed by atoms with Crippen molar-refractivity contribution in [1.29, 1.82) is 0 Å². The van der Waals surface area contributed by atoms with Crippen LogP contribution in [0, 0.1) is 18.7 Å². The monoisotopic (exact) mass is 289 g/mol. The summed E-state index contributed by atoms with van der Waals surface area (Å²) in [5.41, 5.74) is 1.03. The van der Waals surface area contributed by atoms with Crippen molar-refractivity contribution in [3.63, 3.8) is 0 Å². The largest absolute Gasteiger partial charge is 0.312 e. The lowest BCUT2D eigenvalue weighted by atomic mass is 10.1. The molecule has 1 aromatic rings. The van der Waals surface area contributed by atoms with Crippen LogP contribution in [-0.2, 0) is 15.0 Å². The molecule has 104 valence electrons. The third-order valence-electron chi connectivity index (χ3n) is 2.98. The van der Waals surface area contributed by atoms with Gasteiger partial charge in [-0.2, -0.15) is 8.42 Å². The van der Waals surface area contributed by atoms with E-state index >= 15 is 0 Å². The summed E-state index contributed by atoms with van der Waals surface area (Å²) in [7, 11) is -4.61. The normalized spacial score (nSPS) is 20.1. The molecule has 7 heteroatoms. The van der Waals surface area contributed by atoms with Crippen LogP contribution in [0.4, 0.5) is 14.0 Å². The maximum absolute atomic E-state index is 13.3. The van der Waals surface area contributed by atoms with Crippen molar-refractivity contribution in [1.82, 2.24) is 0 Å². The summed E-state index contributed by atoms with van der Waals surface area (Å²) < 4.78 is 47.1. The molecule has 0 spiro atoms. The van der Waals surface area contributed by atoms with Crippen molar-refractivity contribution >= 4 is 21.8 Å². The predicted octanol–water partition coefficient (Wildman–Crippen LogP) is 1.79. The molecular formula is C12H13F2NO3S. The standard InChI is InChI=1S/C12H13F2NO3S/c1-8-2-10(13)5-11(3-8)15-6-9(4-12(15)16)7-19(14,17)18/h2-3,5,9H,4,6-7H2,1H3. The Balaban J connectivity index is 2.20. The summed E-state index contributed by atoms with van der Waals surface area (Å²) in [6, 6.07) is 4.16. The van der Waals surface area contributed by atoms with E-state index in [0.29, 0.717) is 11.3 Å². The zero-order chi connectivity index (χ0) is 14.2. The van der Waals surface area contributed by atoms with E-state index in [1.807, 2.05) is 0 Å². The molecule has 1 heterocycles. The third kappa shape index (κ3) is 3.50. The van der Waals surface area contributed by atoms with E-state index in [1.54, 1.807) is 13.0 Å². The summed E-state index contributed by atoms with van der Waals surface area (Å²) in [5.74, 6) is -2.06. The summed E-state index contributed by atoms with van der Waals surface area (Å²) in [6.45, 7) is 1.78. The average molecular weight is 289 g/mol. The Kier molecular flexibility index (Phi) is 3.58. The van der Waals surface area contributed by atoms with Gasteiger partial charge in [-0.05, 0) is 30.7 Å². The molecule has 1 aliphatic rings. The summed E-state index contributed by atoms with van der Waals surface area (Å²) in [4.78, 5) is 13.1. The molecule has 0 radical (unpaired) electrons. The van der Waals surface area contributed by atoms with Crippen LogP contribution < -0.4 is 4.90 Å². The first-order valence-corrected chi connectivity index (χ1v) is 7.30. The second-order valence-corrected chi connectivity index (χ2v) is 6.18. The van der Waals surface area contributed by atoms with Crippen LogP contribution in [0.15, 0.2) is 18.2 Å². The number of hydrogen-bond acceptors (Lipinski definition) is 3. The topological polar surface area (TPSA) is 54.5 Å². The van der Waals surface area contributed by atoms with E-state index in [9.17, 15) is 21.5 Å². The lowest BCUT2D eigenvalue weighted by Crippen LogP contribution is -2.25. The first-order chi connectivity index (χ1) is 8.74. The summed E-state index contributed by atoms with van der Waals surface area (Å²) in [5, 5.41) is 0. The van der Waals surface area contributed by atoms with Crippen LogP contribution in [-0.4, -0.2) is 26.6 Å². The lowest BCUT2D eigenvalue weighted by molar-refractivity contribution is -0.117. The fourth-order valence-electron chi connectivity index (χ4n) is 2.30. The van der Waals surface area contributed by atoms with Crippen LogP contribution >= 0.6 is 0 Å². The second kappa shape index (κ2) is 4.88. The molecule has 1 amide bonds. The number of carbonyl (C=O) groups excluding carboxylic acids is 1. The molecule has 1 fully saturated rings. The molecule has 1 saturated heterocycles. The number of aryl methyl sites for hydroxylation is 1. The van der Waals surface area contributed by atoms with Crippen molar-refractivity contribution in [2.75, 3.05) is 17.2 Å². The van der Waals surface area contributed by atoms with E-state index in [-0.39, 0.29) is 18.9 Å². The van der Waals surface area contributed by atoms with Crippen LogP contribution in [0.1, 0.15) is 12.0 Å². The molecule has 0 bridgehead atoms. The first-order valence-electron chi connectivity index (χ1n) is 5.74. The quantitative estimate of drug-likeness (QED) is 0.797. The van der Waals surface area contributed by atoms with Gasteiger partial charge in [-0.15, -0.1) is 3.89 Å². The Morgan fingerprint density at radius 3 is 2.63 bits per heavy atom. The number of benzene rings is 1. The average Bonchev–Trinajstić information content (AvgIpc) is 2.54. The molecule has 1 atom stereocenters. The Morgan fingerprint density at radius 2 is 2.05 bits per heavy atom. The van der Waals surface area contributed by atoms with Gasteiger partial charge >= 0.3 is 10.2 Å². The molecule has 1 aliphatic heterocycles. The van der Waals surface area contributed by atoms with E-state index in [0.717, 1.165) is 0 Å². The van der Waals surface area contributed by atoms with E-state index in [4.69, 9.17) is 0 Å². The van der Waals surface area contributed by atoms with Crippen LogP contribution in [0.25, 0.3) is 0 Å². The Hall–Kier alpha value is -1.50. The molecule has 0 saturated carbocycles. The van der Waals surface area contributed by atoms with Crippen LogP contribution in [0.3, 0.4) is 0 Å². The highest BCUT2D eigenvalue weighted by atomic mass is 32.3. The number of rotatable bonds is 3. The SMILES string of the molecule is Cc1cc(F)cc(N2CC(CS(=O)(=O)F)CC2=O)c1. The van der Waals surface area contributed by atoms with Crippen molar-refractivity contribution < 1.29 is 21.5 Å². The highest BCUT2D eigenvalue weighted by Crippen LogP contribution is 2.27. The van der Waals surface area contributed by atoms with Crippen molar-refractivity contribution in [3.05, 3.63) is 29.6 Å². The number of anilines is 1. The van der Waals surface area contributed by atoms with Gasteiger partial charge < -0.3 is 4.90 Å². The fourth-order valence-corrected chi connectivity index (χ4v) is 3.08. The van der Waals surface area contributed by atoms with Gasteiger partial charge in [-0.1, -0.05) is 0 Å². The third-order valence-corrected chi connectivity index (χ3v) is 3.85. The second-order valence-electron chi connectivity index (χ2n) is 4.77. The highest BCUT2D eigenvalue weighted by Gasteiger charge is 2.33. The Bertz CT molecular complexity index is 595. The maximum atomic E-state index is 13.3. The number of amides is 1. The predicted molar refractivity (Wildman–Crippen MR) is 66.5 cm³/mol. The molecule has 19 heavy (non-hydrogen) atoms. The number of carbonyl (C=O) groups is 1. The lowest BCUT2D eigenvalue weighted by Gasteiger charge is -2.17. The highest BCUT2D eigenvalue weighted by molar-refractivity contribution is 7.86. The maximum Gasteiger partial charge on any atom is 0.302 e. The van der Waals surface area contributed by atoms with Crippen molar-refractivity contribution in [2.45, 2.75) is 13.3 Å². The van der Waals surface area contributed by atoms with E-state index in [1.165, 1.54) is 17.0 Å². The molecule has 2 rings (SSSR count). The minimum Gasteiger partial charge on any atom is -0.312 e. The minimum atomic E-state index is -4.61. The molecular weight excluding hydrogens is 276 g/mol. The van der Waals surface area contributed by atoms with Gasteiger partial charge in [0.1, 0.15) is 5.82 Å². The molecule has 1 unspecified atom stereocenters. The van der Waals surface area contributed by atoms with Crippen LogP contribution in [0.5, 0.6) is 0 Å². The molecule has 1 aromatic carbocycles. The van der Waals surface area contributed by atoms with Gasteiger partial charge in [0.25, 0.3) is 0 Å². The zero-order valence-corrected chi connectivity index (χ0v) is 11.1. The number of halogens is 2. The summed E-state index contributed by atoms with van der Waals surface area (Å²) in [6.07, 6.45) is -0.0429. The van der Waals surface area contributed by atoms with Crippen molar-refractivity contribution in [3.8, 4) is 0 Å². The number of hydrogen-bond donors (Lipinski definition) is 0. The fraction of sp³-hybridized carbons (Fsp3) is 0.417. The molecule has 0 aliphatic carbocycles. The van der Waals surface area contributed by atoms with E-state index < -0.39 is 27.7 Å². The Labute approximate surface area is 110 Å². The summed E-state index contributed by atoms with van der Waals surface area (Å²) >= 11 is 0. The molecule has 0 aromatic heterocycles. The number of nitrogens with zero attached hydrogens (tertiary/aromatic N) is 1. The first kappa shape index (κ1) is 13.9. The molecule has 4 nitrogen and oxygen atoms in total. The van der Waals surface area contributed by atoms with Crippen molar-refractivity contribution in [2.24, 2.45) is 5.92 Å².